The molecule has 1 fully saturated rings. The molecule has 0 amide bonds. The zero-order valence-electron chi connectivity index (χ0n) is 10.1. The van der Waals surface area contributed by atoms with Gasteiger partial charge in [0.15, 0.2) is 5.78 Å². The Bertz CT molecular complexity index is 410. The summed E-state index contributed by atoms with van der Waals surface area (Å²) in [5, 5.41) is 0. The number of carbonyl (C=O) groups excluding carboxylic acids is 1. The summed E-state index contributed by atoms with van der Waals surface area (Å²) in [6, 6.07) is 4.42. The number of rotatable bonds is 2. The van der Waals surface area contributed by atoms with Crippen LogP contribution in [0.25, 0.3) is 0 Å². The average Bonchev–Trinajstić information content (AvgIpc) is 2.27. The van der Waals surface area contributed by atoms with Crippen LogP contribution in [0.15, 0.2) is 18.2 Å². The van der Waals surface area contributed by atoms with Crippen molar-refractivity contribution in [2.24, 2.45) is 11.7 Å². The third kappa shape index (κ3) is 2.72. The highest BCUT2D eigenvalue weighted by Crippen LogP contribution is 2.26. The first-order chi connectivity index (χ1) is 8.08. The summed E-state index contributed by atoms with van der Waals surface area (Å²) < 4.78 is 13.3. The molecule has 3 heteroatoms. The Balaban J connectivity index is 2.23. The Kier molecular flexibility index (Phi) is 3.57. The minimum absolute atomic E-state index is 0.000185. The molecule has 1 aliphatic carbocycles. The number of ketones is 1. The summed E-state index contributed by atoms with van der Waals surface area (Å²) in [5.41, 5.74) is 7.22. The van der Waals surface area contributed by atoms with Crippen LogP contribution in [0, 0.1) is 18.7 Å². The molecule has 0 heterocycles. The molecule has 2 N–H and O–H groups in total. The fourth-order valence-electron chi connectivity index (χ4n) is 2.58. The van der Waals surface area contributed by atoms with Crippen LogP contribution in [-0.2, 0) is 0 Å². The lowest BCUT2D eigenvalue weighted by atomic mass is 9.80. The molecule has 2 rings (SSSR count). The summed E-state index contributed by atoms with van der Waals surface area (Å²) in [6.45, 7) is 1.79. The predicted molar refractivity (Wildman–Crippen MR) is 65.4 cm³/mol. The second-order valence-corrected chi connectivity index (χ2v) is 4.94. The van der Waals surface area contributed by atoms with Crippen molar-refractivity contribution in [1.29, 1.82) is 0 Å². The largest absolute Gasteiger partial charge is 0.327 e. The van der Waals surface area contributed by atoms with Crippen molar-refractivity contribution in [3.63, 3.8) is 0 Å². The van der Waals surface area contributed by atoms with E-state index in [2.05, 4.69) is 0 Å². The molecule has 92 valence electrons. The van der Waals surface area contributed by atoms with Gasteiger partial charge < -0.3 is 5.73 Å². The van der Waals surface area contributed by atoms with Crippen molar-refractivity contribution in [2.75, 3.05) is 0 Å². The Labute approximate surface area is 101 Å². The first-order valence-electron chi connectivity index (χ1n) is 6.15. The van der Waals surface area contributed by atoms with E-state index in [1.165, 1.54) is 12.1 Å². The van der Waals surface area contributed by atoms with Crippen LogP contribution >= 0.6 is 0 Å². The van der Waals surface area contributed by atoms with Gasteiger partial charge in [0.05, 0.1) is 0 Å². The minimum Gasteiger partial charge on any atom is -0.327 e. The predicted octanol–water partition coefficient (Wildman–Crippen LogP) is 2.83. The van der Waals surface area contributed by atoms with Crippen LogP contribution in [0.1, 0.15) is 41.6 Å². The summed E-state index contributed by atoms with van der Waals surface area (Å²) >= 11 is 0. The summed E-state index contributed by atoms with van der Waals surface area (Å²) in [6.07, 6.45) is 3.85. The van der Waals surface area contributed by atoms with E-state index in [-0.39, 0.29) is 23.6 Å². The Hall–Kier alpha value is -1.22. The monoisotopic (exact) mass is 235 g/mol. The molecular weight excluding hydrogens is 217 g/mol. The molecule has 17 heavy (non-hydrogen) atoms. The van der Waals surface area contributed by atoms with Gasteiger partial charge in [-0.25, -0.2) is 4.39 Å². The van der Waals surface area contributed by atoms with E-state index in [1.807, 2.05) is 0 Å². The number of hydrogen-bond donors (Lipinski definition) is 1. The van der Waals surface area contributed by atoms with E-state index in [1.54, 1.807) is 13.0 Å². The fraction of sp³-hybridized carbons (Fsp3) is 0.500. The Morgan fingerprint density at radius 1 is 1.29 bits per heavy atom. The maximum atomic E-state index is 13.3. The van der Waals surface area contributed by atoms with Gasteiger partial charge in [-0.2, -0.15) is 0 Å². The number of benzene rings is 1. The van der Waals surface area contributed by atoms with Crippen molar-refractivity contribution in [2.45, 2.75) is 38.6 Å². The second kappa shape index (κ2) is 4.96. The molecule has 2 atom stereocenters. The van der Waals surface area contributed by atoms with Crippen LogP contribution in [-0.4, -0.2) is 11.8 Å². The van der Waals surface area contributed by atoms with E-state index in [0.717, 1.165) is 31.2 Å². The van der Waals surface area contributed by atoms with Gasteiger partial charge in [-0.3, -0.25) is 4.79 Å². The molecule has 0 radical (unpaired) electrons. The number of Topliss-reactive ketones (excluding diaryl/α,β-unsaturated/α-hetero) is 1. The van der Waals surface area contributed by atoms with Gasteiger partial charge in [-0.05, 0) is 43.5 Å². The lowest BCUT2D eigenvalue weighted by Crippen LogP contribution is -2.38. The Morgan fingerprint density at radius 3 is 2.65 bits per heavy atom. The third-order valence-electron chi connectivity index (χ3n) is 3.48. The zero-order chi connectivity index (χ0) is 12.4. The lowest BCUT2D eigenvalue weighted by molar-refractivity contribution is 0.0870. The maximum Gasteiger partial charge on any atom is 0.167 e. The molecule has 0 saturated heterocycles. The lowest BCUT2D eigenvalue weighted by Gasteiger charge is -2.27. The number of nitrogens with two attached hydrogens (primary N) is 1. The molecular formula is C14H18FNO. The van der Waals surface area contributed by atoms with E-state index in [9.17, 15) is 9.18 Å². The SMILES string of the molecule is Cc1cc(F)cc(C(=O)C2CCCCC2N)c1. The summed E-state index contributed by atoms with van der Waals surface area (Å²) in [5.74, 6) is -0.484. The van der Waals surface area contributed by atoms with Crippen molar-refractivity contribution in [3.8, 4) is 0 Å². The molecule has 0 aromatic heterocycles. The summed E-state index contributed by atoms with van der Waals surface area (Å²) in [4.78, 5) is 12.3. The molecule has 0 aliphatic heterocycles. The molecule has 2 unspecified atom stereocenters. The van der Waals surface area contributed by atoms with Crippen molar-refractivity contribution < 1.29 is 9.18 Å². The summed E-state index contributed by atoms with van der Waals surface area (Å²) in [7, 11) is 0. The maximum absolute atomic E-state index is 13.3. The highest BCUT2D eigenvalue weighted by atomic mass is 19.1. The van der Waals surface area contributed by atoms with E-state index in [0.29, 0.717) is 5.56 Å². The van der Waals surface area contributed by atoms with Gasteiger partial charge in [0.25, 0.3) is 0 Å². The molecule has 0 bridgehead atoms. The molecule has 2 nitrogen and oxygen atoms in total. The first kappa shape index (κ1) is 12.2. The van der Waals surface area contributed by atoms with Crippen LogP contribution in [0.2, 0.25) is 0 Å². The first-order valence-corrected chi connectivity index (χ1v) is 6.15. The molecule has 1 aromatic carbocycles. The normalized spacial score (nSPS) is 24.6. The number of hydrogen-bond acceptors (Lipinski definition) is 2. The average molecular weight is 235 g/mol. The fourth-order valence-corrected chi connectivity index (χ4v) is 2.58. The van der Waals surface area contributed by atoms with Crippen LogP contribution < -0.4 is 5.73 Å². The Morgan fingerprint density at radius 2 is 2.00 bits per heavy atom. The van der Waals surface area contributed by atoms with Crippen molar-refractivity contribution in [3.05, 3.63) is 35.1 Å². The van der Waals surface area contributed by atoms with E-state index in [4.69, 9.17) is 5.73 Å². The third-order valence-corrected chi connectivity index (χ3v) is 3.48. The van der Waals surface area contributed by atoms with E-state index < -0.39 is 0 Å². The smallest absolute Gasteiger partial charge is 0.167 e. The van der Waals surface area contributed by atoms with Crippen LogP contribution in [0.3, 0.4) is 0 Å². The second-order valence-electron chi connectivity index (χ2n) is 4.94. The van der Waals surface area contributed by atoms with Gasteiger partial charge in [0.2, 0.25) is 0 Å². The quantitative estimate of drug-likeness (QED) is 0.801. The number of aryl methyl sites for hydroxylation is 1. The van der Waals surface area contributed by atoms with Crippen molar-refractivity contribution in [1.82, 2.24) is 0 Å². The van der Waals surface area contributed by atoms with Crippen LogP contribution in [0.5, 0.6) is 0 Å². The zero-order valence-corrected chi connectivity index (χ0v) is 10.1. The standard InChI is InChI=1S/C14H18FNO/c1-9-6-10(8-11(15)7-9)14(17)12-4-2-3-5-13(12)16/h6-8,12-13H,2-5,16H2,1H3. The number of carbonyl (C=O) groups is 1. The van der Waals surface area contributed by atoms with E-state index >= 15 is 0 Å². The molecule has 1 aliphatic rings. The molecule has 1 aromatic rings. The van der Waals surface area contributed by atoms with Gasteiger partial charge >= 0.3 is 0 Å². The van der Waals surface area contributed by atoms with Gasteiger partial charge in [0, 0.05) is 17.5 Å². The van der Waals surface area contributed by atoms with Crippen molar-refractivity contribution >= 4 is 5.78 Å². The van der Waals surface area contributed by atoms with Gasteiger partial charge in [0.1, 0.15) is 5.82 Å². The highest BCUT2D eigenvalue weighted by molar-refractivity contribution is 5.98. The molecule has 0 spiro atoms. The topological polar surface area (TPSA) is 43.1 Å². The van der Waals surface area contributed by atoms with Gasteiger partial charge in [-0.1, -0.05) is 12.8 Å². The van der Waals surface area contributed by atoms with Crippen LogP contribution in [0.4, 0.5) is 4.39 Å². The number of halogens is 1. The van der Waals surface area contributed by atoms with Gasteiger partial charge in [-0.15, -0.1) is 0 Å². The molecule has 1 saturated carbocycles. The minimum atomic E-state index is -0.349. The highest BCUT2D eigenvalue weighted by Gasteiger charge is 2.29.